The van der Waals surface area contributed by atoms with Crippen LogP contribution in [0.2, 0.25) is 5.02 Å². The highest BCUT2D eigenvalue weighted by molar-refractivity contribution is 6.32. The summed E-state index contributed by atoms with van der Waals surface area (Å²) < 4.78 is 16.0. The van der Waals surface area contributed by atoms with Crippen molar-refractivity contribution >= 4 is 23.3 Å². The van der Waals surface area contributed by atoms with Crippen LogP contribution in [0.3, 0.4) is 0 Å². The lowest BCUT2D eigenvalue weighted by atomic mass is 10.2. The van der Waals surface area contributed by atoms with E-state index in [1.807, 2.05) is 25.1 Å². The number of benzene rings is 2. The minimum absolute atomic E-state index is 0.316. The number of amides is 2. The zero-order valence-corrected chi connectivity index (χ0v) is 15.1. The van der Waals surface area contributed by atoms with E-state index in [-0.39, 0.29) is 6.03 Å². The molecule has 0 radical (unpaired) electrons. The SMILES string of the molecule is COc1ccc(NC(=O)NCCOc2ccc(C)cc2OC)cc1Cl. The molecule has 0 aliphatic heterocycles. The molecule has 134 valence electrons. The van der Waals surface area contributed by atoms with E-state index in [0.717, 1.165) is 5.56 Å². The average molecular weight is 365 g/mol. The van der Waals surface area contributed by atoms with E-state index in [9.17, 15) is 4.79 Å². The highest BCUT2D eigenvalue weighted by Crippen LogP contribution is 2.28. The third-order valence-electron chi connectivity index (χ3n) is 3.37. The number of nitrogens with one attached hydrogen (secondary N) is 2. The van der Waals surface area contributed by atoms with Crippen molar-refractivity contribution in [3.63, 3.8) is 0 Å². The van der Waals surface area contributed by atoms with Gasteiger partial charge in [-0.05, 0) is 42.8 Å². The largest absolute Gasteiger partial charge is 0.495 e. The number of aryl methyl sites for hydroxylation is 1. The van der Waals surface area contributed by atoms with Gasteiger partial charge in [0.2, 0.25) is 0 Å². The number of rotatable bonds is 7. The molecule has 0 aliphatic carbocycles. The molecule has 2 aromatic rings. The molecule has 0 aliphatic rings. The second kappa shape index (κ2) is 9.03. The number of hydrogen-bond donors (Lipinski definition) is 2. The zero-order chi connectivity index (χ0) is 18.2. The molecule has 0 saturated heterocycles. The number of methoxy groups -OCH3 is 2. The summed E-state index contributed by atoms with van der Waals surface area (Å²) in [6.45, 7) is 2.63. The molecule has 0 unspecified atom stereocenters. The predicted octanol–water partition coefficient (Wildman–Crippen LogP) is 3.87. The summed E-state index contributed by atoms with van der Waals surface area (Å²) in [5, 5.41) is 5.83. The summed E-state index contributed by atoms with van der Waals surface area (Å²) in [5.41, 5.74) is 1.66. The first-order valence-electron chi connectivity index (χ1n) is 7.69. The Kier molecular flexibility index (Phi) is 6.77. The normalized spacial score (nSPS) is 10.1. The summed E-state index contributed by atoms with van der Waals surface area (Å²) in [6, 6.07) is 10.3. The van der Waals surface area contributed by atoms with Gasteiger partial charge in [-0.1, -0.05) is 17.7 Å². The van der Waals surface area contributed by atoms with Crippen molar-refractivity contribution in [2.75, 3.05) is 32.7 Å². The van der Waals surface area contributed by atoms with Crippen LogP contribution in [0.25, 0.3) is 0 Å². The van der Waals surface area contributed by atoms with E-state index in [0.29, 0.717) is 41.1 Å². The first-order valence-corrected chi connectivity index (χ1v) is 8.07. The lowest BCUT2D eigenvalue weighted by Gasteiger charge is -2.12. The lowest BCUT2D eigenvalue weighted by molar-refractivity contribution is 0.246. The third-order valence-corrected chi connectivity index (χ3v) is 3.67. The molecule has 2 rings (SSSR count). The van der Waals surface area contributed by atoms with Crippen molar-refractivity contribution in [2.45, 2.75) is 6.92 Å². The van der Waals surface area contributed by atoms with Crippen LogP contribution in [-0.4, -0.2) is 33.4 Å². The van der Waals surface area contributed by atoms with Crippen molar-refractivity contribution < 1.29 is 19.0 Å². The molecule has 6 nitrogen and oxygen atoms in total. The van der Waals surface area contributed by atoms with Crippen molar-refractivity contribution in [2.24, 2.45) is 0 Å². The molecule has 0 atom stereocenters. The van der Waals surface area contributed by atoms with Gasteiger partial charge in [-0.3, -0.25) is 0 Å². The topological polar surface area (TPSA) is 68.8 Å². The third kappa shape index (κ3) is 5.46. The van der Waals surface area contributed by atoms with Gasteiger partial charge in [-0.15, -0.1) is 0 Å². The van der Waals surface area contributed by atoms with Gasteiger partial charge in [0.05, 0.1) is 25.8 Å². The smallest absolute Gasteiger partial charge is 0.319 e. The van der Waals surface area contributed by atoms with Gasteiger partial charge in [0, 0.05) is 5.69 Å². The number of carbonyl (C=O) groups is 1. The molecule has 2 aromatic carbocycles. The monoisotopic (exact) mass is 364 g/mol. The van der Waals surface area contributed by atoms with Crippen molar-refractivity contribution in [3.05, 3.63) is 47.0 Å². The van der Waals surface area contributed by atoms with E-state index >= 15 is 0 Å². The standard InChI is InChI=1S/C18H21ClN2O4/c1-12-4-6-16(17(10-12)24-3)25-9-8-20-18(22)21-13-5-7-15(23-2)14(19)11-13/h4-7,10-11H,8-9H2,1-3H3,(H2,20,21,22). The first kappa shape index (κ1) is 18.7. The summed E-state index contributed by atoms with van der Waals surface area (Å²) >= 11 is 6.02. The summed E-state index contributed by atoms with van der Waals surface area (Å²) in [6.07, 6.45) is 0. The van der Waals surface area contributed by atoms with Gasteiger partial charge in [-0.25, -0.2) is 4.79 Å². The van der Waals surface area contributed by atoms with Crippen LogP contribution in [-0.2, 0) is 0 Å². The van der Waals surface area contributed by atoms with Gasteiger partial charge in [0.1, 0.15) is 12.4 Å². The molecule has 0 spiro atoms. The quantitative estimate of drug-likeness (QED) is 0.732. The zero-order valence-electron chi connectivity index (χ0n) is 14.4. The van der Waals surface area contributed by atoms with Gasteiger partial charge in [0.15, 0.2) is 11.5 Å². The van der Waals surface area contributed by atoms with Crippen LogP contribution in [0.1, 0.15) is 5.56 Å². The van der Waals surface area contributed by atoms with Crippen molar-refractivity contribution in [1.82, 2.24) is 5.32 Å². The number of halogens is 1. The fourth-order valence-electron chi connectivity index (χ4n) is 2.14. The van der Waals surface area contributed by atoms with E-state index in [2.05, 4.69) is 10.6 Å². The van der Waals surface area contributed by atoms with E-state index in [1.165, 1.54) is 7.11 Å². The molecule has 7 heteroatoms. The van der Waals surface area contributed by atoms with E-state index < -0.39 is 0 Å². The fourth-order valence-corrected chi connectivity index (χ4v) is 2.40. The Morgan fingerprint density at radius 1 is 1.04 bits per heavy atom. The number of carbonyl (C=O) groups excluding carboxylic acids is 1. The number of anilines is 1. The second-order valence-corrected chi connectivity index (χ2v) is 5.64. The molecule has 25 heavy (non-hydrogen) atoms. The fraction of sp³-hybridized carbons (Fsp3) is 0.278. The highest BCUT2D eigenvalue weighted by atomic mass is 35.5. The maximum Gasteiger partial charge on any atom is 0.319 e. The van der Waals surface area contributed by atoms with Crippen molar-refractivity contribution in [3.8, 4) is 17.2 Å². The lowest BCUT2D eigenvalue weighted by Crippen LogP contribution is -2.32. The molecule has 0 aromatic heterocycles. The number of urea groups is 1. The Morgan fingerprint density at radius 2 is 1.76 bits per heavy atom. The summed E-state index contributed by atoms with van der Waals surface area (Å²) in [4.78, 5) is 11.9. The Labute approximate surface area is 152 Å². The molecule has 0 bridgehead atoms. The van der Waals surface area contributed by atoms with Crippen molar-refractivity contribution in [1.29, 1.82) is 0 Å². The maximum absolute atomic E-state index is 11.9. The molecule has 0 heterocycles. The number of hydrogen-bond acceptors (Lipinski definition) is 4. The van der Waals surface area contributed by atoms with Crippen LogP contribution >= 0.6 is 11.6 Å². The predicted molar refractivity (Wildman–Crippen MR) is 98.3 cm³/mol. The molecular weight excluding hydrogens is 344 g/mol. The second-order valence-electron chi connectivity index (χ2n) is 5.23. The Morgan fingerprint density at radius 3 is 2.44 bits per heavy atom. The maximum atomic E-state index is 11.9. The Bertz CT molecular complexity index is 737. The van der Waals surface area contributed by atoms with Crippen LogP contribution in [0.15, 0.2) is 36.4 Å². The van der Waals surface area contributed by atoms with Gasteiger partial charge >= 0.3 is 6.03 Å². The van der Waals surface area contributed by atoms with Gasteiger partial charge in [-0.2, -0.15) is 0 Å². The Hall–Kier alpha value is -2.60. The summed E-state index contributed by atoms with van der Waals surface area (Å²) in [7, 11) is 3.12. The van der Waals surface area contributed by atoms with Crippen LogP contribution in [0.4, 0.5) is 10.5 Å². The van der Waals surface area contributed by atoms with Gasteiger partial charge < -0.3 is 24.8 Å². The molecular formula is C18H21ClN2O4. The molecule has 2 amide bonds. The average Bonchev–Trinajstić information content (AvgIpc) is 2.59. The summed E-state index contributed by atoms with van der Waals surface area (Å²) in [5.74, 6) is 1.85. The van der Waals surface area contributed by atoms with Crippen LogP contribution < -0.4 is 24.8 Å². The van der Waals surface area contributed by atoms with E-state index in [4.69, 9.17) is 25.8 Å². The molecule has 0 saturated carbocycles. The first-order chi connectivity index (χ1) is 12.0. The minimum Gasteiger partial charge on any atom is -0.495 e. The molecule has 0 fully saturated rings. The van der Waals surface area contributed by atoms with Crippen LogP contribution in [0.5, 0.6) is 17.2 Å². The minimum atomic E-state index is -0.347. The van der Waals surface area contributed by atoms with Crippen LogP contribution in [0, 0.1) is 6.92 Å². The number of ether oxygens (including phenoxy) is 3. The van der Waals surface area contributed by atoms with Gasteiger partial charge in [0.25, 0.3) is 0 Å². The Balaban J connectivity index is 1.78. The molecule has 2 N–H and O–H groups in total. The van der Waals surface area contributed by atoms with E-state index in [1.54, 1.807) is 25.3 Å². The highest BCUT2D eigenvalue weighted by Gasteiger charge is 2.07.